The topological polar surface area (TPSA) is 66.8 Å². The first-order chi connectivity index (χ1) is 15.8. The third kappa shape index (κ3) is 5.00. The molecule has 1 N–H and O–H groups in total. The van der Waals surface area contributed by atoms with E-state index in [0.29, 0.717) is 23.8 Å². The summed E-state index contributed by atoms with van der Waals surface area (Å²) < 4.78 is 46.3. The van der Waals surface area contributed by atoms with E-state index < -0.39 is 29.5 Å². The lowest BCUT2D eigenvalue weighted by atomic mass is 10.0. The molecule has 4 rings (SSSR count). The maximum atomic E-state index is 14.0. The maximum absolute atomic E-state index is 14.0. The highest BCUT2D eigenvalue weighted by atomic mass is 19.2. The fourth-order valence-corrected chi connectivity index (χ4v) is 3.84. The van der Waals surface area contributed by atoms with Gasteiger partial charge in [0.25, 0.3) is 0 Å². The number of nitrogens with zero attached hydrogens (tertiary/aromatic N) is 1. The van der Waals surface area contributed by atoms with Crippen molar-refractivity contribution in [2.24, 2.45) is 0 Å². The lowest BCUT2D eigenvalue weighted by Crippen LogP contribution is -2.37. The van der Waals surface area contributed by atoms with Crippen molar-refractivity contribution in [3.05, 3.63) is 89.2 Å². The van der Waals surface area contributed by atoms with Gasteiger partial charge in [-0.15, -0.1) is 0 Å². The van der Waals surface area contributed by atoms with E-state index in [-0.39, 0.29) is 31.0 Å². The molecule has 1 heterocycles. The summed E-state index contributed by atoms with van der Waals surface area (Å²) >= 11 is 0. The number of carboxylic acid groups (broad SMARTS) is 1. The number of benzene rings is 3. The Morgan fingerprint density at radius 1 is 0.970 bits per heavy atom. The average molecular weight is 455 g/mol. The van der Waals surface area contributed by atoms with Crippen LogP contribution in [0.5, 0.6) is 5.75 Å². The van der Waals surface area contributed by atoms with Gasteiger partial charge in [-0.1, -0.05) is 36.4 Å². The van der Waals surface area contributed by atoms with E-state index in [2.05, 4.69) is 0 Å². The summed E-state index contributed by atoms with van der Waals surface area (Å²) in [6.45, 7) is 0.418. The number of likely N-dealkylation sites (tertiary alicyclic amines) is 1. The van der Waals surface area contributed by atoms with Crippen molar-refractivity contribution in [1.82, 2.24) is 4.90 Å². The predicted octanol–water partition coefficient (Wildman–Crippen LogP) is 4.93. The molecule has 1 aliphatic rings. The van der Waals surface area contributed by atoms with Gasteiger partial charge in [0.2, 0.25) is 5.91 Å². The first-order valence-electron chi connectivity index (χ1n) is 10.3. The van der Waals surface area contributed by atoms with Crippen molar-refractivity contribution in [3.63, 3.8) is 0 Å². The standard InChI is InChI=1S/C25H20F3NO4/c26-20-12-22(28)21(27)11-19(20)17-4-6-18(7-5-17)33-14-16-3-1-2-15(10-16)13-29-23(25(31)32)8-9-24(29)30/h1-7,10-12,23H,8-9,13-14H2,(H,31,32). The zero-order chi connectivity index (χ0) is 23.5. The molecular weight excluding hydrogens is 435 g/mol. The van der Waals surface area contributed by atoms with Gasteiger partial charge < -0.3 is 14.7 Å². The van der Waals surface area contributed by atoms with Crippen LogP contribution in [0.2, 0.25) is 0 Å². The predicted molar refractivity (Wildman–Crippen MR) is 114 cm³/mol. The number of carbonyl (C=O) groups is 2. The Bertz CT molecular complexity index is 1200. The first-order valence-corrected chi connectivity index (χ1v) is 10.3. The lowest BCUT2D eigenvalue weighted by Gasteiger charge is -2.22. The molecule has 3 aromatic rings. The van der Waals surface area contributed by atoms with Gasteiger partial charge in [0, 0.05) is 24.6 Å². The molecule has 3 aromatic carbocycles. The second-order valence-electron chi connectivity index (χ2n) is 7.79. The van der Waals surface area contributed by atoms with Gasteiger partial charge in [-0.25, -0.2) is 18.0 Å². The van der Waals surface area contributed by atoms with Gasteiger partial charge >= 0.3 is 5.97 Å². The van der Waals surface area contributed by atoms with E-state index in [9.17, 15) is 27.9 Å². The summed E-state index contributed by atoms with van der Waals surface area (Å²) in [4.78, 5) is 24.8. The van der Waals surface area contributed by atoms with E-state index in [1.54, 1.807) is 30.3 Å². The molecule has 8 heteroatoms. The van der Waals surface area contributed by atoms with Gasteiger partial charge in [0.05, 0.1) is 0 Å². The maximum Gasteiger partial charge on any atom is 0.326 e. The Balaban J connectivity index is 1.41. The molecule has 0 bridgehead atoms. The fourth-order valence-electron chi connectivity index (χ4n) is 3.84. The number of aliphatic carboxylic acids is 1. The summed E-state index contributed by atoms with van der Waals surface area (Å²) in [5.41, 5.74) is 1.94. The fraction of sp³-hybridized carbons (Fsp3) is 0.200. The molecule has 170 valence electrons. The monoisotopic (exact) mass is 455 g/mol. The molecule has 0 saturated carbocycles. The molecular formula is C25H20F3NO4. The van der Waals surface area contributed by atoms with Gasteiger partial charge in [-0.05, 0) is 41.3 Å². The molecule has 1 saturated heterocycles. The van der Waals surface area contributed by atoms with Crippen LogP contribution in [0.4, 0.5) is 13.2 Å². The Kier molecular flexibility index (Phi) is 6.35. The number of carbonyl (C=O) groups excluding carboxylic acids is 1. The van der Waals surface area contributed by atoms with Crippen LogP contribution in [-0.4, -0.2) is 27.9 Å². The smallest absolute Gasteiger partial charge is 0.326 e. The minimum absolute atomic E-state index is 0.0516. The summed E-state index contributed by atoms with van der Waals surface area (Å²) in [6, 6.07) is 14.1. The third-order valence-electron chi connectivity index (χ3n) is 5.54. The van der Waals surface area contributed by atoms with Crippen LogP contribution in [0.25, 0.3) is 11.1 Å². The average Bonchev–Trinajstić information content (AvgIpc) is 3.16. The molecule has 0 aromatic heterocycles. The molecule has 1 aliphatic heterocycles. The van der Waals surface area contributed by atoms with E-state index >= 15 is 0 Å². The Hall–Kier alpha value is -3.81. The molecule has 1 amide bonds. The van der Waals surface area contributed by atoms with Crippen LogP contribution in [-0.2, 0) is 22.7 Å². The number of rotatable bonds is 7. The van der Waals surface area contributed by atoms with E-state index in [1.807, 2.05) is 18.2 Å². The molecule has 0 spiro atoms. The summed E-state index contributed by atoms with van der Waals surface area (Å²) in [5, 5.41) is 9.31. The minimum atomic E-state index is -1.24. The van der Waals surface area contributed by atoms with Crippen LogP contribution in [0.1, 0.15) is 24.0 Å². The van der Waals surface area contributed by atoms with Crippen molar-refractivity contribution in [2.75, 3.05) is 0 Å². The van der Waals surface area contributed by atoms with Crippen LogP contribution in [0.3, 0.4) is 0 Å². The number of halogens is 3. The van der Waals surface area contributed by atoms with Crippen molar-refractivity contribution >= 4 is 11.9 Å². The van der Waals surface area contributed by atoms with Crippen molar-refractivity contribution in [2.45, 2.75) is 32.0 Å². The van der Waals surface area contributed by atoms with Gasteiger partial charge in [0.1, 0.15) is 24.2 Å². The molecule has 0 radical (unpaired) electrons. The number of amides is 1. The number of hydrogen-bond acceptors (Lipinski definition) is 3. The van der Waals surface area contributed by atoms with Crippen LogP contribution >= 0.6 is 0 Å². The van der Waals surface area contributed by atoms with Crippen molar-refractivity contribution in [1.29, 1.82) is 0 Å². The Morgan fingerprint density at radius 2 is 1.67 bits per heavy atom. The van der Waals surface area contributed by atoms with Crippen LogP contribution < -0.4 is 4.74 Å². The van der Waals surface area contributed by atoms with Gasteiger partial charge in [-0.2, -0.15) is 0 Å². The Labute approximate surface area is 188 Å². The Morgan fingerprint density at radius 3 is 2.39 bits per heavy atom. The summed E-state index contributed by atoms with van der Waals surface area (Å²) in [5.74, 6) is -3.93. The van der Waals surface area contributed by atoms with E-state index in [0.717, 1.165) is 17.2 Å². The molecule has 5 nitrogen and oxygen atoms in total. The number of hydrogen-bond donors (Lipinski definition) is 1. The summed E-state index contributed by atoms with van der Waals surface area (Å²) in [6.07, 6.45) is 0.533. The third-order valence-corrected chi connectivity index (χ3v) is 5.54. The van der Waals surface area contributed by atoms with E-state index in [4.69, 9.17) is 4.74 Å². The molecule has 1 unspecified atom stereocenters. The van der Waals surface area contributed by atoms with Gasteiger partial charge in [-0.3, -0.25) is 4.79 Å². The summed E-state index contributed by atoms with van der Waals surface area (Å²) in [7, 11) is 0. The van der Waals surface area contributed by atoms with Crippen LogP contribution in [0.15, 0.2) is 60.7 Å². The highest BCUT2D eigenvalue weighted by Gasteiger charge is 2.35. The second kappa shape index (κ2) is 9.36. The zero-order valence-electron chi connectivity index (χ0n) is 17.4. The van der Waals surface area contributed by atoms with Crippen LogP contribution in [0, 0.1) is 17.5 Å². The SMILES string of the molecule is O=C(O)C1CCC(=O)N1Cc1cccc(COc2ccc(-c3cc(F)c(F)cc3F)cc2)c1. The minimum Gasteiger partial charge on any atom is -0.489 e. The zero-order valence-corrected chi connectivity index (χ0v) is 17.4. The quantitative estimate of drug-likeness (QED) is 0.514. The largest absolute Gasteiger partial charge is 0.489 e. The van der Waals surface area contributed by atoms with Crippen molar-refractivity contribution < 1.29 is 32.6 Å². The van der Waals surface area contributed by atoms with Crippen molar-refractivity contribution in [3.8, 4) is 16.9 Å². The highest BCUT2D eigenvalue weighted by Crippen LogP contribution is 2.27. The first kappa shape index (κ1) is 22.4. The molecule has 0 aliphatic carbocycles. The lowest BCUT2D eigenvalue weighted by molar-refractivity contribution is -0.146. The van der Waals surface area contributed by atoms with E-state index in [1.165, 1.54) is 4.90 Å². The molecule has 1 atom stereocenters. The number of ether oxygens (including phenoxy) is 1. The molecule has 1 fully saturated rings. The van der Waals surface area contributed by atoms with Gasteiger partial charge in [0.15, 0.2) is 11.6 Å². The highest BCUT2D eigenvalue weighted by molar-refractivity contribution is 5.87. The number of carboxylic acids is 1. The second-order valence-corrected chi connectivity index (χ2v) is 7.79. The normalized spacial score (nSPS) is 15.7. The molecule has 33 heavy (non-hydrogen) atoms.